The lowest BCUT2D eigenvalue weighted by molar-refractivity contribution is -0.147. The van der Waals surface area contributed by atoms with Crippen molar-refractivity contribution in [1.29, 1.82) is 0 Å². The summed E-state index contributed by atoms with van der Waals surface area (Å²) >= 11 is 0. The van der Waals surface area contributed by atoms with Crippen LogP contribution in [0.2, 0.25) is 0 Å². The lowest BCUT2D eigenvalue weighted by atomic mass is 9.74. The predicted octanol–water partition coefficient (Wildman–Crippen LogP) is 3.34. The molecular formula is C17H32N2O. The fourth-order valence-electron chi connectivity index (χ4n) is 4.13. The van der Waals surface area contributed by atoms with E-state index in [1.807, 2.05) is 0 Å². The van der Waals surface area contributed by atoms with Gasteiger partial charge in [0, 0.05) is 12.6 Å². The minimum absolute atomic E-state index is 0.0578. The van der Waals surface area contributed by atoms with Crippen molar-refractivity contribution in [2.45, 2.75) is 77.7 Å². The molecule has 2 aliphatic rings. The highest BCUT2D eigenvalue weighted by Crippen LogP contribution is 2.38. The molecule has 3 heteroatoms. The van der Waals surface area contributed by atoms with Gasteiger partial charge in [-0.3, -0.25) is 4.79 Å². The van der Waals surface area contributed by atoms with E-state index in [1.54, 1.807) is 0 Å². The van der Waals surface area contributed by atoms with Crippen LogP contribution in [0.15, 0.2) is 0 Å². The van der Waals surface area contributed by atoms with Crippen LogP contribution in [0.3, 0.4) is 0 Å². The number of hydrogen-bond acceptors (Lipinski definition) is 2. The van der Waals surface area contributed by atoms with Gasteiger partial charge in [-0.1, -0.05) is 33.1 Å². The molecule has 0 saturated carbocycles. The molecular weight excluding hydrogens is 248 g/mol. The Kier molecular flexibility index (Phi) is 5.88. The van der Waals surface area contributed by atoms with Crippen molar-refractivity contribution in [2.75, 3.05) is 19.6 Å². The van der Waals surface area contributed by atoms with Gasteiger partial charge in [0.15, 0.2) is 0 Å². The summed E-state index contributed by atoms with van der Waals surface area (Å²) in [6.45, 7) is 7.48. The van der Waals surface area contributed by atoms with Crippen LogP contribution < -0.4 is 5.32 Å². The lowest BCUT2D eigenvalue weighted by Crippen LogP contribution is -2.52. The van der Waals surface area contributed by atoms with Crippen LogP contribution in [-0.4, -0.2) is 36.5 Å². The standard InChI is InChI=1S/C17H32N2O/c1-3-9-17(10-12-18-13-11-17)16(20)19-14-7-5-6-8-15(19)4-2/h15,18H,3-14H2,1-2H3. The number of nitrogens with one attached hydrogen (secondary N) is 1. The quantitative estimate of drug-likeness (QED) is 0.856. The Balaban J connectivity index is 2.15. The predicted molar refractivity (Wildman–Crippen MR) is 83.7 cm³/mol. The van der Waals surface area contributed by atoms with E-state index < -0.39 is 0 Å². The summed E-state index contributed by atoms with van der Waals surface area (Å²) < 4.78 is 0. The molecule has 0 aromatic heterocycles. The molecule has 1 unspecified atom stereocenters. The number of carbonyl (C=O) groups excluding carboxylic acids is 1. The summed E-state index contributed by atoms with van der Waals surface area (Å²) in [5.74, 6) is 0.481. The van der Waals surface area contributed by atoms with Crippen LogP contribution in [0.1, 0.15) is 71.6 Å². The molecule has 20 heavy (non-hydrogen) atoms. The van der Waals surface area contributed by atoms with Crippen LogP contribution >= 0.6 is 0 Å². The molecule has 1 N–H and O–H groups in total. The molecule has 1 amide bonds. The van der Waals surface area contributed by atoms with Crippen molar-refractivity contribution in [3.63, 3.8) is 0 Å². The van der Waals surface area contributed by atoms with Crippen molar-refractivity contribution in [3.05, 3.63) is 0 Å². The summed E-state index contributed by atoms with van der Waals surface area (Å²) in [6, 6.07) is 0.494. The zero-order chi connectivity index (χ0) is 14.4. The topological polar surface area (TPSA) is 32.3 Å². The maximum absolute atomic E-state index is 13.3. The average Bonchev–Trinajstić information content (AvgIpc) is 2.72. The summed E-state index contributed by atoms with van der Waals surface area (Å²) in [7, 11) is 0. The van der Waals surface area contributed by atoms with Gasteiger partial charge in [0.1, 0.15) is 0 Å². The second kappa shape index (κ2) is 7.44. The highest BCUT2D eigenvalue weighted by atomic mass is 16.2. The van der Waals surface area contributed by atoms with Crippen LogP contribution in [-0.2, 0) is 4.79 Å². The molecule has 2 heterocycles. The molecule has 2 fully saturated rings. The average molecular weight is 280 g/mol. The third-order valence-corrected chi connectivity index (χ3v) is 5.35. The second-order valence-electron chi connectivity index (χ2n) is 6.69. The molecule has 0 spiro atoms. The Morgan fingerprint density at radius 2 is 1.95 bits per heavy atom. The first kappa shape index (κ1) is 15.8. The number of hydrogen-bond donors (Lipinski definition) is 1. The maximum atomic E-state index is 13.3. The van der Waals surface area contributed by atoms with Gasteiger partial charge in [0.05, 0.1) is 5.41 Å². The highest BCUT2D eigenvalue weighted by Gasteiger charge is 2.42. The SMILES string of the molecule is CCCC1(C(=O)N2CCCCCC2CC)CCNCC1. The fraction of sp³-hybridized carbons (Fsp3) is 0.941. The number of piperidine rings is 1. The summed E-state index contributed by atoms with van der Waals surface area (Å²) in [4.78, 5) is 15.6. The Bertz CT molecular complexity index is 305. The molecule has 0 bridgehead atoms. The Morgan fingerprint density at radius 1 is 1.20 bits per heavy atom. The van der Waals surface area contributed by atoms with Crippen molar-refractivity contribution < 1.29 is 4.79 Å². The molecule has 2 saturated heterocycles. The van der Waals surface area contributed by atoms with Crippen LogP contribution in [0.5, 0.6) is 0 Å². The van der Waals surface area contributed by atoms with Crippen LogP contribution in [0.4, 0.5) is 0 Å². The second-order valence-corrected chi connectivity index (χ2v) is 6.69. The third-order valence-electron chi connectivity index (χ3n) is 5.35. The normalized spacial score (nSPS) is 27.1. The van der Waals surface area contributed by atoms with Crippen molar-refractivity contribution in [2.24, 2.45) is 5.41 Å². The van der Waals surface area contributed by atoms with Gasteiger partial charge in [-0.2, -0.15) is 0 Å². The van der Waals surface area contributed by atoms with E-state index in [0.29, 0.717) is 11.9 Å². The Hall–Kier alpha value is -0.570. The molecule has 0 aromatic carbocycles. The molecule has 3 nitrogen and oxygen atoms in total. The van der Waals surface area contributed by atoms with Gasteiger partial charge >= 0.3 is 0 Å². The molecule has 0 aromatic rings. The van der Waals surface area contributed by atoms with E-state index in [2.05, 4.69) is 24.1 Å². The van der Waals surface area contributed by atoms with E-state index in [9.17, 15) is 4.79 Å². The van der Waals surface area contributed by atoms with Gasteiger partial charge in [0.25, 0.3) is 0 Å². The van der Waals surface area contributed by atoms with Crippen molar-refractivity contribution in [3.8, 4) is 0 Å². The minimum atomic E-state index is -0.0578. The molecule has 116 valence electrons. The summed E-state index contributed by atoms with van der Waals surface area (Å²) in [5.41, 5.74) is -0.0578. The van der Waals surface area contributed by atoms with Crippen molar-refractivity contribution >= 4 is 5.91 Å². The smallest absolute Gasteiger partial charge is 0.229 e. The summed E-state index contributed by atoms with van der Waals surface area (Å²) in [5, 5.41) is 3.42. The lowest BCUT2D eigenvalue weighted by Gasteiger charge is -2.42. The molecule has 2 rings (SSSR count). The highest BCUT2D eigenvalue weighted by molar-refractivity contribution is 5.83. The molecule has 1 atom stereocenters. The van der Waals surface area contributed by atoms with E-state index in [1.165, 1.54) is 25.7 Å². The Morgan fingerprint density at radius 3 is 2.60 bits per heavy atom. The first-order valence-corrected chi connectivity index (χ1v) is 8.75. The minimum Gasteiger partial charge on any atom is -0.339 e. The zero-order valence-corrected chi connectivity index (χ0v) is 13.4. The Labute approximate surface area is 124 Å². The molecule has 0 radical (unpaired) electrons. The van der Waals surface area contributed by atoms with Gasteiger partial charge in [-0.15, -0.1) is 0 Å². The van der Waals surface area contributed by atoms with Gasteiger partial charge in [-0.25, -0.2) is 0 Å². The van der Waals surface area contributed by atoms with E-state index >= 15 is 0 Å². The third kappa shape index (κ3) is 3.36. The first-order chi connectivity index (χ1) is 9.73. The van der Waals surface area contributed by atoms with Crippen LogP contribution in [0, 0.1) is 5.41 Å². The number of nitrogens with zero attached hydrogens (tertiary/aromatic N) is 1. The van der Waals surface area contributed by atoms with Gasteiger partial charge < -0.3 is 10.2 Å². The maximum Gasteiger partial charge on any atom is 0.229 e. The number of rotatable bonds is 4. The largest absolute Gasteiger partial charge is 0.339 e. The van der Waals surface area contributed by atoms with Gasteiger partial charge in [-0.05, 0) is 51.6 Å². The van der Waals surface area contributed by atoms with Crippen molar-refractivity contribution in [1.82, 2.24) is 10.2 Å². The summed E-state index contributed by atoms with van der Waals surface area (Å²) in [6.07, 6.45) is 10.4. The fourth-order valence-corrected chi connectivity index (χ4v) is 4.13. The first-order valence-electron chi connectivity index (χ1n) is 8.75. The van der Waals surface area contributed by atoms with E-state index in [4.69, 9.17) is 0 Å². The van der Waals surface area contributed by atoms with Crippen LogP contribution in [0.25, 0.3) is 0 Å². The monoisotopic (exact) mass is 280 g/mol. The number of carbonyl (C=O) groups is 1. The molecule has 2 aliphatic heterocycles. The number of likely N-dealkylation sites (tertiary alicyclic amines) is 1. The molecule has 0 aliphatic carbocycles. The zero-order valence-electron chi connectivity index (χ0n) is 13.4. The van der Waals surface area contributed by atoms with E-state index in [0.717, 1.165) is 51.7 Å². The van der Waals surface area contributed by atoms with Gasteiger partial charge in [0.2, 0.25) is 5.91 Å². The number of amides is 1. The van der Waals surface area contributed by atoms with E-state index in [-0.39, 0.29) is 5.41 Å².